The van der Waals surface area contributed by atoms with Crippen molar-refractivity contribution in [3.63, 3.8) is 0 Å². The predicted octanol–water partition coefficient (Wildman–Crippen LogP) is 1.27. The number of hydrogen-bond donors (Lipinski definition) is 1. The van der Waals surface area contributed by atoms with Crippen LogP contribution >= 0.6 is 0 Å². The van der Waals surface area contributed by atoms with Crippen LogP contribution in [0.2, 0.25) is 0 Å². The van der Waals surface area contributed by atoms with E-state index in [4.69, 9.17) is 0 Å². The standard InChI is InChI=1S/C17H22N4O/c1-12-8-21-11-15(22)7-14(21)10-20(12)9-13-2-3-16-17(6-13)19-5-4-18-16/h2-6,12,14-15,22H,7-11H2,1H3/t12-,14+,15+/m0/s1. The Bertz CT molecular complexity index is 677. The fraction of sp³-hybridized carbons (Fsp3) is 0.529. The Balaban J connectivity index is 1.51. The fourth-order valence-electron chi connectivity index (χ4n) is 3.84. The molecule has 22 heavy (non-hydrogen) atoms. The first-order chi connectivity index (χ1) is 10.7. The quantitative estimate of drug-likeness (QED) is 0.905. The Morgan fingerprint density at radius 2 is 1.95 bits per heavy atom. The van der Waals surface area contributed by atoms with Crippen molar-refractivity contribution >= 4 is 11.0 Å². The molecule has 2 fully saturated rings. The van der Waals surface area contributed by atoms with Crippen LogP contribution in [0, 0.1) is 0 Å². The van der Waals surface area contributed by atoms with E-state index in [0.29, 0.717) is 12.1 Å². The fourth-order valence-corrected chi connectivity index (χ4v) is 3.84. The first-order valence-corrected chi connectivity index (χ1v) is 8.05. The number of nitrogens with zero attached hydrogens (tertiary/aromatic N) is 4. The van der Waals surface area contributed by atoms with Gasteiger partial charge in [0, 0.05) is 50.7 Å². The summed E-state index contributed by atoms with van der Waals surface area (Å²) in [7, 11) is 0. The van der Waals surface area contributed by atoms with Gasteiger partial charge >= 0.3 is 0 Å². The molecule has 1 N–H and O–H groups in total. The van der Waals surface area contributed by atoms with Gasteiger partial charge in [0.1, 0.15) is 0 Å². The molecule has 0 unspecified atom stereocenters. The van der Waals surface area contributed by atoms with Crippen LogP contribution in [0.5, 0.6) is 0 Å². The molecule has 4 rings (SSSR count). The van der Waals surface area contributed by atoms with Gasteiger partial charge in [-0.1, -0.05) is 6.07 Å². The second kappa shape index (κ2) is 5.57. The number of benzene rings is 1. The van der Waals surface area contributed by atoms with Crippen molar-refractivity contribution in [1.29, 1.82) is 0 Å². The number of aliphatic hydroxyl groups excluding tert-OH is 1. The van der Waals surface area contributed by atoms with E-state index in [1.54, 1.807) is 12.4 Å². The van der Waals surface area contributed by atoms with E-state index in [1.807, 2.05) is 0 Å². The molecule has 2 aromatic rings. The maximum Gasteiger partial charge on any atom is 0.0890 e. The molecule has 0 bridgehead atoms. The summed E-state index contributed by atoms with van der Waals surface area (Å²) >= 11 is 0. The summed E-state index contributed by atoms with van der Waals surface area (Å²) in [4.78, 5) is 13.7. The highest BCUT2D eigenvalue weighted by Gasteiger charge is 2.37. The number of rotatable bonds is 2. The first kappa shape index (κ1) is 14.1. The molecular formula is C17H22N4O. The zero-order valence-electron chi connectivity index (χ0n) is 12.9. The van der Waals surface area contributed by atoms with Crippen molar-refractivity contribution in [3.05, 3.63) is 36.2 Å². The van der Waals surface area contributed by atoms with Gasteiger partial charge in [0.25, 0.3) is 0 Å². The topological polar surface area (TPSA) is 52.5 Å². The number of fused-ring (bicyclic) bond motifs is 2. The van der Waals surface area contributed by atoms with E-state index < -0.39 is 0 Å². The minimum atomic E-state index is -0.145. The van der Waals surface area contributed by atoms with Crippen LogP contribution in [0.15, 0.2) is 30.6 Å². The smallest absolute Gasteiger partial charge is 0.0890 e. The van der Waals surface area contributed by atoms with Gasteiger partial charge in [-0.2, -0.15) is 0 Å². The zero-order valence-corrected chi connectivity index (χ0v) is 12.9. The summed E-state index contributed by atoms with van der Waals surface area (Å²) in [6, 6.07) is 7.37. The minimum absolute atomic E-state index is 0.145. The van der Waals surface area contributed by atoms with E-state index in [-0.39, 0.29) is 6.10 Å². The highest BCUT2D eigenvalue weighted by Crippen LogP contribution is 2.26. The van der Waals surface area contributed by atoms with Crippen molar-refractivity contribution in [1.82, 2.24) is 19.8 Å². The third-order valence-corrected chi connectivity index (χ3v) is 4.99. The van der Waals surface area contributed by atoms with Crippen LogP contribution < -0.4 is 0 Å². The summed E-state index contributed by atoms with van der Waals surface area (Å²) in [6.45, 7) is 6.15. The lowest BCUT2D eigenvalue weighted by atomic mass is 10.1. The van der Waals surface area contributed by atoms with Crippen LogP contribution in [0.4, 0.5) is 0 Å². The van der Waals surface area contributed by atoms with Crippen molar-refractivity contribution in [2.75, 3.05) is 19.6 Å². The third-order valence-electron chi connectivity index (χ3n) is 4.99. The summed E-state index contributed by atoms with van der Waals surface area (Å²) in [5, 5.41) is 9.87. The minimum Gasteiger partial charge on any atom is -0.392 e. The maximum atomic E-state index is 9.87. The number of aliphatic hydroxyl groups is 1. The van der Waals surface area contributed by atoms with Gasteiger partial charge in [0.05, 0.1) is 17.1 Å². The second-order valence-corrected chi connectivity index (χ2v) is 6.66. The highest BCUT2D eigenvalue weighted by molar-refractivity contribution is 5.74. The lowest BCUT2D eigenvalue weighted by Crippen LogP contribution is -2.54. The highest BCUT2D eigenvalue weighted by atomic mass is 16.3. The van der Waals surface area contributed by atoms with E-state index >= 15 is 0 Å². The van der Waals surface area contributed by atoms with Gasteiger partial charge in [0.2, 0.25) is 0 Å². The normalized spacial score (nSPS) is 29.8. The Labute approximate surface area is 130 Å². The molecule has 0 aliphatic carbocycles. The molecule has 2 aliphatic heterocycles. The predicted molar refractivity (Wildman–Crippen MR) is 85.4 cm³/mol. The number of aromatic nitrogens is 2. The van der Waals surface area contributed by atoms with Crippen LogP contribution in [0.1, 0.15) is 18.9 Å². The first-order valence-electron chi connectivity index (χ1n) is 8.05. The Hall–Kier alpha value is -1.56. The SMILES string of the molecule is C[C@H]1CN2C[C@H](O)C[C@@H]2CN1Cc1ccc2nccnc2c1. The molecule has 2 aliphatic rings. The summed E-state index contributed by atoms with van der Waals surface area (Å²) in [5.41, 5.74) is 3.19. The van der Waals surface area contributed by atoms with Crippen LogP contribution in [-0.4, -0.2) is 62.7 Å². The third kappa shape index (κ3) is 2.60. The van der Waals surface area contributed by atoms with Gasteiger partial charge < -0.3 is 5.11 Å². The molecule has 116 valence electrons. The van der Waals surface area contributed by atoms with Crippen LogP contribution in [0.25, 0.3) is 11.0 Å². The lowest BCUT2D eigenvalue weighted by molar-refractivity contribution is 0.0529. The van der Waals surface area contributed by atoms with Crippen molar-refractivity contribution in [2.24, 2.45) is 0 Å². The van der Waals surface area contributed by atoms with Gasteiger partial charge in [-0.15, -0.1) is 0 Å². The number of piperazine rings is 1. The van der Waals surface area contributed by atoms with Crippen molar-refractivity contribution < 1.29 is 5.11 Å². The van der Waals surface area contributed by atoms with E-state index in [0.717, 1.165) is 43.6 Å². The molecule has 5 heteroatoms. The zero-order chi connectivity index (χ0) is 15.1. The lowest BCUT2D eigenvalue weighted by Gasteiger charge is -2.42. The Kier molecular flexibility index (Phi) is 3.56. The van der Waals surface area contributed by atoms with Crippen LogP contribution in [-0.2, 0) is 6.54 Å². The van der Waals surface area contributed by atoms with Gasteiger partial charge in [-0.3, -0.25) is 19.8 Å². The molecule has 1 aromatic carbocycles. The molecule has 0 saturated carbocycles. The van der Waals surface area contributed by atoms with Gasteiger partial charge in [-0.05, 0) is 31.0 Å². The van der Waals surface area contributed by atoms with Gasteiger partial charge in [0.15, 0.2) is 0 Å². The molecule has 3 heterocycles. The van der Waals surface area contributed by atoms with Crippen molar-refractivity contribution in [2.45, 2.75) is 38.1 Å². The van der Waals surface area contributed by atoms with E-state index in [1.165, 1.54) is 5.56 Å². The summed E-state index contributed by atoms with van der Waals surface area (Å²) in [5.74, 6) is 0. The van der Waals surface area contributed by atoms with E-state index in [9.17, 15) is 5.11 Å². The van der Waals surface area contributed by atoms with Crippen LogP contribution in [0.3, 0.4) is 0 Å². The summed E-state index contributed by atoms with van der Waals surface area (Å²) in [6.07, 6.45) is 4.24. The number of hydrogen-bond acceptors (Lipinski definition) is 5. The summed E-state index contributed by atoms with van der Waals surface area (Å²) < 4.78 is 0. The molecule has 0 radical (unpaired) electrons. The Morgan fingerprint density at radius 3 is 2.82 bits per heavy atom. The second-order valence-electron chi connectivity index (χ2n) is 6.66. The maximum absolute atomic E-state index is 9.87. The molecule has 3 atom stereocenters. The molecule has 5 nitrogen and oxygen atoms in total. The average Bonchev–Trinajstić information content (AvgIpc) is 2.86. The monoisotopic (exact) mass is 298 g/mol. The Morgan fingerprint density at radius 1 is 1.14 bits per heavy atom. The molecular weight excluding hydrogens is 276 g/mol. The molecule has 2 saturated heterocycles. The molecule has 0 spiro atoms. The average molecular weight is 298 g/mol. The largest absolute Gasteiger partial charge is 0.392 e. The van der Waals surface area contributed by atoms with Crippen molar-refractivity contribution in [3.8, 4) is 0 Å². The van der Waals surface area contributed by atoms with E-state index in [2.05, 4.69) is 44.9 Å². The molecule has 0 amide bonds. The van der Waals surface area contributed by atoms with Gasteiger partial charge in [-0.25, -0.2) is 0 Å². The molecule has 1 aromatic heterocycles.